The van der Waals surface area contributed by atoms with Crippen molar-refractivity contribution in [3.05, 3.63) is 419 Å². The molecule has 20 rings (SSSR count). The van der Waals surface area contributed by atoms with E-state index in [0.717, 1.165) is 160 Å². The highest BCUT2D eigenvalue weighted by atomic mass is 32.2. The summed E-state index contributed by atoms with van der Waals surface area (Å²) in [6.45, 7) is 0. The predicted octanol–water partition coefficient (Wildman–Crippen LogP) is 23.2. The minimum atomic E-state index is -0.0901. The molecule has 0 saturated heterocycles. The molecule has 140 heavy (non-hydrogen) atoms. The quantitative estimate of drug-likeness (QED) is 0.0254. The third-order valence-electron chi connectivity index (χ3n) is 21.3. The molecular weight excluding hydrogens is 1840 g/mol. The molecule has 0 radical (unpaired) electrons. The number of aromatic amines is 5. The van der Waals surface area contributed by atoms with Crippen molar-refractivity contribution in [2.24, 2.45) is 0 Å². The van der Waals surface area contributed by atoms with Crippen molar-refractivity contribution in [3.8, 4) is 0 Å². The number of nitrogens with one attached hydrogen (secondary N) is 10. The normalized spacial score (nSPS) is 11.2. The summed E-state index contributed by atoms with van der Waals surface area (Å²) in [6.07, 6.45) is 28.3. The number of carbonyl (C=O) groups excluding carboxylic acids is 5. The van der Waals surface area contributed by atoms with E-state index in [1.54, 1.807) is 125 Å². The molecule has 10 N–H and O–H groups in total. The van der Waals surface area contributed by atoms with Crippen LogP contribution in [0.25, 0.3) is 115 Å². The minimum absolute atomic E-state index is 0.0901. The van der Waals surface area contributed by atoms with Crippen LogP contribution in [-0.4, -0.2) is 141 Å². The minimum Gasteiger partial charge on any atom is -0.355 e. The number of hydrogen-bond donors (Lipinski definition) is 10. The fourth-order valence-electron chi connectivity index (χ4n) is 14.3. The van der Waals surface area contributed by atoms with Crippen LogP contribution in [0.2, 0.25) is 0 Å². The maximum Gasteiger partial charge on any atom is 0.252 e. The van der Waals surface area contributed by atoms with Crippen molar-refractivity contribution in [2.45, 2.75) is 49.0 Å². The monoisotopic (exact) mass is 1930 g/mol. The van der Waals surface area contributed by atoms with Crippen molar-refractivity contribution < 1.29 is 24.0 Å². The number of pyridine rings is 5. The SMILES string of the molecule is CNC(=O)c1ccccc1Sc1ccc2c(/C=C/c3ccccn3)n[nH]c2c1.CNC(=O)c1ccccc1Sc1ccc2c(/C=C/c3ccccn3)n[nH]c2c1.CNC(=O)c1ccccc1Sc1ccc2c(/C=C/c3ccccn3)n[nH]c2c1.CNC(=O)c1ccccc1Sc1ccc2c(/C=C/c3ccccn3)n[nH]c2c1.CNC(=O)c1ccccc1Sc1ccc2c(/C=C/c3ccccn3)n[nH]c2c1. The first-order valence-corrected chi connectivity index (χ1v) is 48.1. The molecule has 20 aromatic rings. The Morgan fingerprint density at radius 3 is 0.550 bits per heavy atom. The van der Waals surface area contributed by atoms with Gasteiger partial charge in [0.2, 0.25) is 0 Å². The lowest BCUT2D eigenvalue weighted by Gasteiger charge is -2.08. The summed E-state index contributed by atoms with van der Waals surface area (Å²) < 4.78 is 0. The summed E-state index contributed by atoms with van der Waals surface area (Å²) >= 11 is 7.78. The van der Waals surface area contributed by atoms with Crippen LogP contribution in [0.15, 0.2) is 383 Å². The van der Waals surface area contributed by atoms with E-state index in [9.17, 15) is 24.0 Å². The summed E-state index contributed by atoms with van der Waals surface area (Å²) in [5, 5.41) is 56.1. The van der Waals surface area contributed by atoms with Gasteiger partial charge in [0.15, 0.2) is 0 Å². The average molecular weight is 1930 g/mol. The highest BCUT2D eigenvalue weighted by Crippen LogP contribution is 2.39. The van der Waals surface area contributed by atoms with E-state index in [1.807, 2.05) is 364 Å². The summed E-state index contributed by atoms with van der Waals surface area (Å²) in [5.41, 5.74) is 16.8. The van der Waals surface area contributed by atoms with Crippen LogP contribution in [-0.2, 0) is 0 Å². The van der Waals surface area contributed by atoms with Gasteiger partial charge in [-0.15, -0.1) is 0 Å². The van der Waals surface area contributed by atoms with Gasteiger partial charge in [-0.1, -0.05) is 150 Å². The molecule has 10 heterocycles. The molecule has 0 aliphatic carbocycles. The third kappa shape index (κ3) is 25.2. The number of rotatable bonds is 25. The molecule has 0 unspecified atom stereocenters. The molecule has 30 heteroatoms. The summed E-state index contributed by atoms with van der Waals surface area (Å²) in [7, 11) is 8.20. The molecule has 0 aliphatic heterocycles. The molecule has 0 fully saturated rings. The van der Waals surface area contributed by atoms with Gasteiger partial charge < -0.3 is 26.6 Å². The zero-order chi connectivity index (χ0) is 96.7. The van der Waals surface area contributed by atoms with Gasteiger partial charge in [0.1, 0.15) is 0 Å². The number of H-pyrrole nitrogens is 5. The fraction of sp³-hybridized carbons (Fsp3) is 0.0455. The zero-order valence-electron chi connectivity index (χ0n) is 76.1. The number of benzene rings is 10. The zero-order valence-corrected chi connectivity index (χ0v) is 80.2. The number of fused-ring (bicyclic) bond motifs is 5. The Balaban J connectivity index is 0.000000126. The van der Waals surface area contributed by atoms with E-state index in [0.29, 0.717) is 27.8 Å². The third-order valence-corrected chi connectivity index (χ3v) is 26.6. The fourth-order valence-corrected chi connectivity index (χ4v) is 19.2. The predicted molar refractivity (Wildman–Crippen MR) is 566 cm³/mol. The van der Waals surface area contributed by atoms with Gasteiger partial charge in [-0.3, -0.25) is 74.4 Å². The number of carbonyl (C=O) groups is 5. The van der Waals surface area contributed by atoms with Crippen LogP contribution >= 0.6 is 58.8 Å². The first kappa shape index (κ1) is 96.2. The van der Waals surface area contributed by atoms with E-state index >= 15 is 0 Å². The largest absolute Gasteiger partial charge is 0.355 e. The van der Waals surface area contributed by atoms with E-state index in [1.165, 1.54) is 0 Å². The molecule has 690 valence electrons. The molecule has 10 aromatic carbocycles. The maximum atomic E-state index is 12.1. The van der Waals surface area contributed by atoms with Gasteiger partial charge in [0, 0.05) is 142 Å². The second-order valence-electron chi connectivity index (χ2n) is 30.4. The first-order valence-electron chi connectivity index (χ1n) is 44.0. The second-order valence-corrected chi connectivity index (χ2v) is 36.0. The smallest absolute Gasteiger partial charge is 0.252 e. The Kier molecular flexibility index (Phi) is 33.0. The number of aromatic nitrogens is 15. The summed E-state index contributed by atoms with van der Waals surface area (Å²) in [4.78, 5) is 91.6. The van der Waals surface area contributed by atoms with Gasteiger partial charge in [0.25, 0.3) is 29.5 Å². The number of nitrogens with zero attached hydrogens (tertiary/aromatic N) is 10. The van der Waals surface area contributed by atoms with Gasteiger partial charge >= 0.3 is 0 Å². The van der Waals surface area contributed by atoms with E-state index in [-0.39, 0.29) is 29.5 Å². The molecule has 0 aliphatic rings. The van der Waals surface area contributed by atoms with Crippen LogP contribution < -0.4 is 26.6 Å². The van der Waals surface area contributed by atoms with Crippen LogP contribution in [0.1, 0.15) is 109 Å². The standard InChI is InChI=1S/5C22H18N4OS/c5*1-23-22(27)18-7-2-3-8-21(18)28-16-10-11-17-19(25-26-20(17)14-16)12-9-15-6-4-5-13-24-15/h5*2-14H,1H3,(H,23,27)(H,25,26)/b5*12-9+. The Hall–Kier alpha value is -16.9. The molecule has 5 amide bonds. The van der Waals surface area contributed by atoms with Crippen LogP contribution in [0.4, 0.5) is 0 Å². The van der Waals surface area contributed by atoms with Gasteiger partial charge in [-0.2, -0.15) is 25.5 Å². The Bertz CT molecular complexity index is 6830. The van der Waals surface area contributed by atoms with Gasteiger partial charge in [0.05, 0.1) is 112 Å². The molecule has 0 saturated carbocycles. The Morgan fingerprint density at radius 1 is 0.214 bits per heavy atom. The van der Waals surface area contributed by atoms with Crippen molar-refractivity contribution >= 4 is 204 Å². The van der Waals surface area contributed by atoms with Gasteiger partial charge in [-0.25, -0.2) is 0 Å². The maximum absolute atomic E-state index is 12.1. The van der Waals surface area contributed by atoms with E-state index in [4.69, 9.17) is 0 Å². The summed E-state index contributed by atoms with van der Waals surface area (Å²) in [6, 6.07) is 97.6. The molecule has 0 atom stereocenters. The first-order chi connectivity index (χ1) is 68.7. The van der Waals surface area contributed by atoms with Crippen LogP contribution in [0.5, 0.6) is 0 Å². The lowest BCUT2D eigenvalue weighted by atomic mass is 10.2. The average Bonchev–Trinajstić information content (AvgIpc) is 1.66. The second kappa shape index (κ2) is 48.0. The molecular formula is C110H90N20O5S5. The highest BCUT2D eigenvalue weighted by Gasteiger charge is 2.19. The van der Waals surface area contributed by atoms with Gasteiger partial charge in [-0.05, 0) is 273 Å². The molecule has 0 spiro atoms. The lowest BCUT2D eigenvalue weighted by Crippen LogP contribution is -2.18. The Labute approximate surface area is 827 Å². The Morgan fingerprint density at radius 2 is 0.386 bits per heavy atom. The van der Waals surface area contributed by atoms with E-state index < -0.39 is 0 Å². The van der Waals surface area contributed by atoms with Crippen molar-refractivity contribution in [2.75, 3.05) is 35.2 Å². The van der Waals surface area contributed by atoms with Crippen LogP contribution in [0.3, 0.4) is 0 Å². The lowest BCUT2D eigenvalue weighted by molar-refractivity contribution is 0.0952. The molecule has 25 nitrogen and oxygen atoms in total. The van der Waals surface area contributed by atoms with Crippen molar-refractivity contribution in [3.63, 3.8) is 0 Å². The molecule has 10 aromatic heterocycles. The number of amides is 5. The summed E-state index contributed by atoms with van der Waals surface area (Å²) in [5.74, 6) is -0.451. The highest BCUT2D eigenvalue weighted by molar-refractivity contribution is 8.00. The number of hydrogen-bond acceptors (Lipinski definition) is 20. The van der Waals surface area contributed by atoms with E-state index in [2.05, 4.69) is 102 Å². The van der Waals surface area contributed by atoms with Crippen molar-refractivity contribution in [1.29, 1.82) is 0 Å². The topological polar surface area (TPSA) is 353 Å². The molecule has 0 bridgehead atoms. The van der Waals surface area contributed by atoms with Crippen LogP contribution in [0, 0.1) is 0 Å². The van der Waals surface area contributed by atoms with Crippen molar-refractivity contribution in [1.82, 2.24) is 102 Å².